The Labute approximate surface area is 131 Å². The molecule has 0 heterocycles. The molecular formula is C16H14BrNO3. The van der Waals surface area contributed by atoms with Gasteiger partial charge < -0.3 is 10.1 Å². The fraction of sp³-hybridized carbons (Fsp3) is 0.125. The van der Waals surface area contributed by atoms with Gasteiger partial charge in [-0.2, -0.15) is 0 Å². The number of nitrogens with one attached hydrogen (secondary N) is 1. The SMILES string of the molecule is COC(=O)c1ccccc1NC(=O)c1ccc(Br)c(C)c1. The van der Waals surface area contributed by atoms with E-state index in [0.29, 0.717) is 16.8 Å². The van der Waals surface area contributed by atoms with Crippen LogP contribution < -0.4 is 5.32 Å². The normalized spacial score (nSPS) is 10.0. The zero-order valence-electron chi connectivity index (χ0n) is 11.6. The predicted octanol–water partition coefficient (Wildman–Crippen LogP) is 3.80. The van der Waals surface area contributed by atoms with Crippen molar-refractivity contribution in [2.24, 2.45) is 0 Å². The molecule has 0 fully saturated rings. The first kappa shape index (κ1) is 15.3. The van der Waals surface area contributed by atoms with E-state index in [1.54, 1.807) is 36.4 Å². The van der Waals surface area contributed by atoms with E-state index in [4.69, 9.17) is 4.74 Å². The third-order valence-electron chi connectivity index (χ3n) is 3.00. The first-order valence-electron chi connectivity index (χ1n) is 6.27. The number of ether oxygens (including phenoxy) is 1. The van der Waals surface area contributed by atoms with Crippen LogP contribution in [0.15, 0.2) is 46.9 Å². The van der Waals surface area contributed by atoms with Crippen molar-refractivity contribution in [3.8, 4) is 0 Å². The van der Waals surface area contributed by atoms with Gasteiger partial charge in [0.15, 0.2) is 0 Å². The number of carbonyl (C=O) groups excluding carboxylic acids is 2. The van der Waals surface area contributed by atoms with Crippen molar-refractivity contribution in [1.82, 2.24) is 0 Å². The summed E-state index contributed by atoms with van der Waals surface area (Å²) in [5.74, 6) is -0.764. The largest absolute Gasteiger partial charge is 0.465 e. The Balaban J connectivity index is 2.27. The Morgan fingerprint density at radius 2 is 1.86 bits per heavy atom. The van der Waals surface area contributed by atoms with Crippen molar-refractivity contribution < 1.29 is 14.3 Å². The minimum atomic E-state index is -0.488. The number of methoxy groups -OCH3 is 1. The van der Waals surface area contributed by atoms with Crippen LogP contribution in [0.1, 0.15) is 26.3 Å². The minimum Gasteiger partial charge on any atom is -0.465 e. The quantitative estimate of drug-likeness (QED) is 0.859. The molecule has 1 amide bonds. The van der Waals surface area contributed by atoms with Crippen LogP contribution >= 0.6 is 15.9 Å². The molecule has 2 aromatic rings. The van der Waals surface area contributed by atoms with E-state index in [-0.39, 0.29) is 5.91 Å². The van der Waals surface area contributed by atoms with Gasteiger partial charge >= 0.3 is 5.97 Å². The smallest absolute Gasteiger partial charge is 0.339 e. The molecule has 0 saturated carbocycles. The monoisotopic (exact) mass is 347 g/mol. The van der Waals surface area contributed by atoms with Crippen molar-refractivity contribution in [3.05, 3.63) is 63.6 Å². The molecule has 0 aliphatic rings. The summed E-state index contributed by atoms with van der Waals surface area (Å²) in [7, 11) is 1.30. The third-order valence-corrected chi connectivity index (χ3v) is 3.89. The third kappa shape index (κ3) is 3.49. The van der Waals surface area contributed by atoms with Gasteiger partial charge in [-0.15, -0.1) is 0 Å². The average molecular weight is 348 g/mol. The van der Waals surface area contributed by atoms with E-state index in [9.17, 15) is 9.59 Å². The fourth-order valence-corrected chi connectivity index (χ4v) is 2.11. The Morgan fingerprint density at radius 1 is 1.14 bits per heavy atom. The highest BCUT2D eigenvalue weighted by molar-refractivity contribution is 9.10. The summed E-state index contributed by atoms with van der Waals surface area (Å²) >= 11 is 3.39. The fourth-order valence-electron chi connectivity index (χ4n) is 1.86. The van der Waals surface area contributed by atoms with E-state index in [1.165, 1.54) is 7.11 Å². The van der Waals surface area contributed by atoms with Crippen LogP contribution in [0.25, 0.3) is 0 Å². The summed E-state index contributed by atoms with van der Waals surface area (Å²) in [6.07, 6.45) is 0. The van der Waals surface area contributed by atoms with Gasteiger partial charge in [0.25, 0.3) is 5.91 Å². The van der Waals surface area contributed by atoms with E-state index in [0.717, 1.165) is 10.0 Å². The Bertz CT molecular complexity index is 698. The summed E-state index contributed by atoms with van der Waals surface area (Å²) in [6, 6.07) is 12.0. The van der Waals surface area contributed by atoms with Gasteiger partial charge in [0.05, 0.1) is 18.4 Å². The van der Waals surface area contributed by atoms with Crippen molar-refractivity contribution in [3.63, 3.8) is 0 Å². The van der Waals surface area contributed by atoms with Crippen molar-refractivity contribution in [1.29, 1.82) is 0 Å². The number of esters is 1. The van der Waals surface area contributed by atoms with Crippen LogP contribution in [-0.4, -0.2) is 19.0 Å². The van der Waals surface area contributed by atoms with Crippen molar-refractivity contribution >= 4 is 33.5 Å². The maximum Gasteiger partial charge on any atom is 0.339 e. The Hall–Kier alpha value is -2.14. The van der Waals surface area contributed by atoms with E-state index < -0.39 is 5.97 Å². The molecule has 0 aliphatic carbocycles. The first-order valence-corrected chi connectivity index (χ1v) is 7.07. The van der Waals surface area contributed by atoms with Gasteiger partial charge in [0.2, 0.25) is 0 Å². The second-order valence-electron chi connectivity index (χ2n) is 4.46. The lowest BCUT2D eigenvalue weighted by molar-refractivity contribution is 0.0602. The van der Waals surface area contributed by atoms with Crippen LogP contribution in [-0.2, 0) is 4.74 Å². The average Bonchev–Trinajstić information content (AvgIpc) is 2.49. The number of hydrogen-bond donors (Lipinski definition) is 1. The van der Waals surface area contributed by atoms with Gasteiger partial charge in [-0.3, -0.25) is 4.79 Å². The molecule has 0 saturated heterocycles. The number of carbonyl (C=O) groups is 2. The summed E-state index contributed by atoms with van der Waals surface area (Å²) < 4.78 is 5.64. The van der Waals surface area contributed by atoms with Crippen LogP contribution in [0, 0.1) is 6.92 Å². The van der Waals surface area contributed by atoms with Gasteiger partial charge in [0.1, 0.15) is 0 Å². The zero-order chi connectivity index (χ0) is 15.4. The van der Waals surface area contributed by atoms with Crippen LogP contribution in [0.5, 0.6) is 0 Å². The van der Waals surface area contributed by atoms with Gasteiger partial charge in [-0.05, 0) is 42.8 Å². The number of aryl methyl sites for hydroxylation is 1. The second-order valence-corrected chi connectivity index (χ2v) is 5.31. The number of benzene rings is 2. The maximum absolute atomic E-state index is 12.3. The number of para-hydroxylation sites is 1. The second kappa shape index (κ2) is 6.54. The lowest BCUT2D eigenvalue weighted by atomic mass is 10.1. The molecule has 2 rings (SSSR count). The Morgan fingerprint density at radius 3 is 2.52 bits per heavy atom. The number of rotatable bonds is 3. The molecule has 2 aromatic carbocycles. The molecular weight excluding hydrogens is 334 g/mol. The van der Waals surface area contributed by atoms with Crippen LogP contribution in [0.2, 0.25) is 0 Å². The Kier molecular flexibility index (Phi) is 4.75. The van der Waals surface area contributed by atoms with Crippen molar-refractivity contribution in [2.45, 2.75) is 6.92 Å². The highest BCUT2D eigenvalue weighted by atomic mass is 79.9. The molecule has 0 atom stereocenters. The van der Waals surface area contributed by atoms with Crippen LogP contribution in [0.3, 0.4) is 0 Å². The number of anilines is 1. The number of amides is 1. The standard InChI is InChI=1S/C16H14BrNO3/c1-10-9-11(7-8-13(10)17)15(19)18-14-6-4-3-5-12(14)16(20)21-2/h3-9H,1-2H3,(H,18,19). The summed E-state index contributed by atoms with van der Waals surface area (Å²) in [4.78, 5) is 23.9. The first-order chi connectivity index (χ1) is 10.0. The van der Waals surface area contributed by atoms with Crippen LogP contribution in [0.4, 0.5) is 5.69 Å². The topological polar surface area (TPSA) is 55.4 Å². The lowest BCUT2D eigenvalue weighted by Crippen LogP contribution is -2.15. The maximum atomic E-state index is 12.3. The van der Waals surface area contributed by atoms with E-state index in [1.807, 2.05) is 13.0 Å². The van der Waals surface area contributed by atoms with E-state index in [2.05, 4.69) is 21.2 Å². The number of hydrogen-bond acceptors (Lipinski definition) is 3. The molecule has 5 heteroatoms. The molecule has 4 nitrogen and oxygen atoms in total. The summed E-state index contributed by atoms with van der Waals surface area (Å²) in [5, 5.41) is 2.73. The van der Waals surface area contributed by atoms with Gasteiger partial charge in [0, 0.05) is 10.0 Å². The molecule has 1 N–H and O–H groups in total. The van der Waals surface area contributed by atoms with Gasteiger partial charge in [-0.1, -0.05) is 28.1 Å². The lowest BCUT2D eigenvalue weighted by Gasteiger charge is -2.10. The molecule has 0 radical (unpaired) electrons. The molecule has 0 bridgehead atoms. The summed E-state index contributed by atoms with van der Waals surface area (Å²) in [6.45, 7) is 1.91. The highest BCUT2D eigenvalue weighted by Crippen LogP contribution is 2.20. The highest BCUT2D eigenvalue weighted by Gasteiger charge is 2.14. The molecule has 0 aromatic heterocycles. The molecule has 0 spiro atoms. The van der Waals surface area contributed by atoms with E-state index >= 15 is 0 Å². The zero-order valence-corrected chi connectivity index (χ0v) is 13.2. The minimum absolute atomic E-state index is 0.276. The summed E-state index contributed by atoms with van der Waals surface area (Å²) in [5.41, 5.74) is 2.23. The molecule has 0 unspecified atom stereocenters. The number of halogens is 1. The van der Waals surface area contributed by atoms with Crippen molar-refractivity contribution in [2.75, 3.05) is 12.4 Å². The van der Waals surface area contributed by atoms with Gasteiger partial charge in [-0.25, -0.2) is 4.79 Å². The molecule has 21 heavy (non-hydrogen) atoms. The molecule has 0 aliphatic heterocycles. The molecule has 108 valence electrons. The predicted molar refractivity (Wildman–Crippen MR) is 84.6 cm³/mol.